The van der Waals surface area contributed by atoms with E-state index in [4.69, 9.17) is 4.42 Å². The molecule has 1 aromatic carbocycles. The lowest BCUT2D eigenvalue weighted by Gasteiger charge is -2.06. The van der Waals surface area contributed by atoms with Gasteiger partial charge in [0.05, 0.1) is 10.9 Å². The molecule has 3 heterocycles. The van der Waals surface area contributed by atoms with Gasteiger partial charge in [-0.1, -0.05) is 12.1 Å². The number of furan rings is 1. The Morgan fingerprint density at radius 2 is 1.83 bits per heavy atom. The highest BCUT2D eigenvalue weighted by Crippen LogP contribution is 2.37. The van der Waals surface area contributed by atoms with Crippen LogP contribution in [-0.2, 0) is 7.05 Å². The summed E-state index contributed by atoms with van der Waals surface area (Å²) >= 11 is 0. The molecule has 4 heteroatoms. The van der Waals surface area contributed by atoms with Crippen LogP contribution < -0.4 is 4.57 Å². The third-order valence-corrected chi connectivity index (χ3v) is 4.52. The lowest BCUT2D eigenvalue weighted by Crippen LogP contribution is -2.31. The third-order valence-electron chi connectivity index (χ3n) is 4.52. The van der Waals surface area contributed by atoms with E-state index in [0.29, 0.717) is 5.71 Å². The van der Waals surface area contributed by atoms with E-state index in [-0.39, 0.29) is 0 Å². The summed E-state index contributed by atoms with van der Waals surface area (Å²) in [7, 11) is 2.02. The summed E-state index contributed by atoms with van der Waals surface area (Å²) in [6.45, 7) is 6.00. The number of hydrogen-bond donors (Lipinski definition) is 0. The molecule has 0 aliphatic carbocycles. The van der Waals surface area contributed by atoms with Crippen molar-refractivity contribution in [2.75, 3.05) is 0 Å². The molecule has 0 bridgehead atoms. The van der Waals surface area contributed by atoms with E-state index in [1.807, 2.05) is 20.0 Å². The average Bonchev–Trinajstić information content (AvgIpc) is 2.86. The number of rotatable bonds is 1. The van der Waals surface area contributed by atoms with Crippen molar-refractivity contribution in [2.45, 2.75) is 20.8 Å². The molecular weight excluding hydrogens is 303 g/mol. The summed E-state index contributed by atoms with van der Waals surface area (Å²) in [4.78, 5) is 3.93. The van der Waals surface area contributed by atoms with Crippen LogP contribution in [0.15, 0.2) is 40.9 Å². The second-order valence-electron chi connectivity index (χ2n) is 6.38. The smallest absolute Gasteiger partial charge is 0.230 e. The monoisotopic (exact) mass is 321 g/mol. The highest BCUT2D eigenvalue weighted by Gasteiger charge is 2.21. The number of halogens is 1. The standard InChI is InChI=1S/C20H18FN2O/c1-11-5-8-15(23(4)10-11)18-12(2)6-7-14-17-13(3)9-16(21)22-20(17)24-19(14)18/h5-10H,1-4H3/q+1. The molecule has 0 spiro atoms. The maximum Gasteiger partial charge on any atom is 0.230 e. The fraction of sp³-hybridized carbons (Fsp3) is 0.200. The fourth-order valence-electron chi connectivity index (χ4n) is 3.41. The van der Waals surface area contributed by atoms with Crippen LogP contribution in [0.4, 0.5) is 4.39 Å². The summed E-state index contributed by atoms with van der Waals surface area (Å²) < 4.78 is 21.8. The summed E-state index contributed by atoms with van der Waals surface area (Å²) in [5, 5.41) is 1.85. The van der Waals surface area contributed by atoms with Crippen molar-refractivity contribution in [2.24, 2.45) is 7.05 Å². The first-order valence-corrected chi connectivity index (χ1v) is 7.91. The second kappa shape index (κ2) is 5.13. The molecule has 24 heavy (non-hydrogen) atoms. The maximum absolute atomic E-state index is 13.7. The van der Waals surface area contributed by atoms with Crippen molar-refractivity contribution in [1.82, 2.24) is 4.98 Å². The van der Waals surface area contributed by atoms with Crippen LogP contribution in [0.25, 0.3) is 33.3 Å². The van der Waals surface area contributed by atoms with E-state index in [1.165, 1.54) is 11.6 Å². The number of pyridine rings is 2. The van der Waals surface area contributed by atoms with E-state index in [2.05, 4.69) is 47.8 Å². The van der Waals surface area contributed by atoms with Gasteiger partial charge in [-0.2, -0.15) is 9.37 Å². The van der Waals surface area contributed by atoms with Gasteiger partial charge < -0.3 is 4.42 Å². The minimum absolute atomic E-state index is 0.351. The average molecular weight is 321 g/mol. The molecule has 0 radical (unpaired) electrons. The molecule has 0 aliphatic heterocycles. The molecule has 0 aliphatic rings. The van der Waals surface area contributed by atoms with E-state index >= 15 is 0 Å². The number of nitrogens with zero attached hydrogens (tertiary/aromatic N) is 2. The molecule has 0 unspecified atom stereocenters. The van der Waals surface area contributed by atoms with Crippen molar-refractivity contribution in [1.29, 1.82) is 0 Å². The van der Waals surface area contributed by atoms with Crippen molar-refractivity contribution in [3.05, 3.63) is 59.2 Å². The first-order valence-electron chi connectivity index (χ1n) is 7.91. The molecule has 3 nitrogen and oxygen atoms in total. The Labute approximate surface area is 139 Å². The predicted octanol–water partition coefficient (Wildman–Crippen LogP) is 4.54. The van der Waals surface area contributed by atoms with Crippen molar-refractivity contribution in [3.63, 3.8) is 0 Å². The highest BCUT2D eigenvalue weighted by molar-refractivity contribution is 6.10. The quantitative estimate of drug-likeness (QED) is 0.381. The van der Waals surface area contributed by atoms with E-state index in [9.17, 15) is 4.39 Å². The Kier molecular flexibility index (Phi) is 3.17. The minimum atomic E-state index is -0.516. The van der Waals surface area contributed by atoms with Crippen LogP contribution in [-0.4, -0.2) is 4.98 Å². The molecule has 4 aromatic rings. The Morgan fingerprint density at radius 1 is 1.04 bits per heavy atom. The SMILES string of the molecule is Cc1ccc(-c2c(C)ccc3c2oc2nc(F)cc(C)c23)[n+](C)c1. The minimum Gasteiger partial charge on any atom is -0.437 e. The third kappa shape index (κ3) is 2.10. The van der Waals surface area contributed by atoms with Gasteiger partial charge in [-0.05, 0) is 44.0 Å². The topological polar surface area (TPSA) is 29.9 Å². The summed E-state index contributed by atoms with van der Waals surface area (Å²) in [5.41, 5.74) is 6.32. The van der Waals surface area contributed by atoms with Crippen LogP contribution in [0.3, 0.4) is 0 Å². The van der Waals surface area contributed by atoms with E-state index in [1.54, 1.807) is 0 Å². The number of aryl methyl sites for hydroxylation is 4. The van der Waals surface area contributed by atoms with Gasteiger partial charge in [-0.3, -0.25) is 0 Å². The largest absolute Gasteiger partial charge is 0.437 e. The molecule has 0 fully saturated rings. The molecule has 0 N–H and O–H groups in total. The molecule has 0 amide bonds. The normalized spacial score (nSPS) is 11.5. The van der Waals surface area contributed by atoms with Gasteiger partial charge in [0.2, 0.25) is 17.4 Å². The molecule has 3 aromatic heterocycles. The Bertz CT molecular complexity index is 1110. The summed E-state index contributed by atoms with van der Waals surface area (Å²) in [5.74, 6) is -0.516. The van der Waals surface area contributed by atoms with E-state index < -0.39 is 5.95 Å². The van der Waals surface area contributed by atoms with Crippen LogP contribution in [0.5, 0.6) is 0 Å². The highest BCUT2D eigenvalue weighted by atomic mass is 19.1. The molecule has 0 saturated heterocycles. The Morgan fingerprint density at radius 3 is 2.58 bits per heavy atom. The van der Waals surface area contributed by atoms with Crippen LogP contribution in [0, 0.1) is 26.7 Å². The van der Waals surface area contributed by atoms with Gasteiger partial charge >= 0.3 is 0 Å². The zero-order chi connectivity index (χ0) is 17.0. The molecular formula is C20H18FN2O+. The zero-order valence-electron chi connectivity index (χ0n) is 14.1. The molecule has 120 valence electrons. The number of benzene rings is 1. The zero-order valence-corrected chi connectivity index (χ0v) is 14.1. The molecule has 0 atom stereocenters. The van der Waals surface area contributed by atoms with Crippen molar-refractivity contribution >= 4 is 22.1 Å². The first kappa shape index (κ1) is 14.8. The van der Waals surface area contributed by atoms with E-state index in [0.717, 1.165) is 38.7 Å². The lowest BCUT2D eigenvalue weighted by atomic mass is 10.00. The van der Waals surface area contributed by atoms with Crippen LogP contribution in [0.2, 0.25) is 0 Å². The number of hydrogen-bond acceptors (Lipinski definition) is 2. The van der Waals surface area contributed by atoms with Crippen LogP contribution >= 0.6 is 0 Å². The lowest BCUT2D eigenvalue weighted by molar-refractivity contribution is -0.660. The number of fused-ring (bicyclic) bond motifs is 3. The van der Waals surface area contributed by atoms with Gasteiger partial charge in [-0.25, -0.2) is 4.57 Å². The Hall–Kier alpha value is -2.75. The summed E-state index contributed by atoms with van der Waals surface area (Å²) in [6, 6.07) is 9.73. The molecule has 4 rings (SSSR count). The first-order chi connectivity index (χ1) is 11.5. The molecule has 0 saturated carbocycles. The predicted molar refractivity (Wildman–Crippen MR) is 92.3 cm³/mol. The summed E-state index contributed by atoms with van der Waals surface area (Å²) in [6.07, 6.45) is 2.08. The number of aromatic nitrogens is 2. The van der Waals surface area contributed by atoms with Gasteiger partial charge in [0.1, 0.15) is 7.05 Å². The fourth-order valence-corrected chi connectivity index (χ4v) is 3.41. The van der Waals surface area contributed by atoms with Crippen molar-refractivity contribution in [3.8, 4) is 11.3 Å². The van der Waals surface area contributed by atoms with Gasteiger partial charge in [0, 0.05) is 17.0 Å². The van der Waals surface area contributed by atoms with Gasteiger partial charge in [0.25, 0.3) is 0 Å². The van der Waals surface area contributed by atoms with Crippen LogP contribution in [0.1, 0.15) is 16.7 Å². The Balaban J connectivity index is 2.16. The van der Waals surface area contributed by atoms with Crippen molar-refractivity contribution < 1.29 is 13.4 Å². The van der Waals surface area contributed by atoms with Gasteiger partial charge in [-0.15, -0.1) is 0 Å². The second-order valence-corrected chi connectivity index (χ2v) is 6.38. The maximum atomic E-state index is 13.7. The van der Waals surface area contributed by atoms with Gasteiger partial charge in [0.15, 0.2) is 11.8 Å².